The smallest absolute Gasteiger partial charge is 0.239 e. The molecule has 1 saturated heterocycles. The molecule has 0 unspecified atom stereocenters. The van der Waals surface area contributed by atoms with Crippen LogP contribution < -0.4 is 5.73 Å². The molecule has 0 radical (unpaired) electrons. The zero-order valence-electron chi connectivity index (χ0n) is 9.44. The molecule has 0 aromatic heterocycles. The van der Waals surface area contributed by atoms with Crippen LogP contribution in [0.15, 0.2) is 0 Å². The normalized spacial score (nSPS) is 20.7. The van der Waals surface area contributed by atoms with Crippen molar-refractivity contribution in [1.29, 1.82) is 0 Å². The topological polar surface area (TPSA) is 63.4 Å². The van der Waals surface area contributed by atoms with Crippen LogP contribution in [0.4, 0.5) is 0 Å². The first-order valence-corrected chi connectivity index (χ1v) is 6.89. The van der Waals surface area contributed by atoms with E-state index in [2.05, 4.69) is 13.8 Å². The first kappa shape index (κ1) is 12.6. The van der Waals surface area contributed by atoms with Gasteiger partial charge in [-0.05, 0) is 12.3 Å². The summed E-state index contributed by atoms with van der Waals surface area (Å²) in [5, 5.41) is 0. The molecule has 1 atom stereocenters. The van der Waals surface area contributed by atoms with Crippen molar-refractivity contribution in [3.8, 4) is 0 Å². The van der Waals surface area contributed by atoms with E-state index in [1.54, 1.807) is 4.90 Å². The van der Waals surface area contributed by atoms with Gasteiger partial charge in [-0.15, -0.1) is 0 Å². The second kappa shape index (κ2) is 5.61. The standard InChI is InChI=1S/C10H20N2O2S/c1-8(2)7-9(11)10(13)12-3-5-15(14)6-4-12/h8-9H,3-7,11H2,1-2H3/t9-/m1/s1. The fourth-order valence-corrected chi connectivity index (χ4v) is 2.75. The molecule has 88 valence electrons. The van der Waals surface area contributed by atoms with E-state index in [0.29, 0.717) is 30.5 Å². The molecule has 0 aromatic carbocycles. The Hall–Kier alpha value is -0.420. The van der Waals surface area contributed by atoms with E-state index in [1.807, 2.05) is 0 Å². The first-order chi connectivity index (χ1) is 7.00. The van der Waals surface area contributed by atoms with Gasteiger partial charge in [0.25, 0.3) is 0 Å². The number of amides is 1. The van der Waals surface area contributed by atoms with Crippen LogP contribution in [0.3, 0.4) is 0 Å². The summed E-state index contributed by atoms with van der Waals surface area (Å²) in [6.07, 6.45) is 0.721. The lowest BCUT2D eigenvalue weighted by Gasteiger charge is -2.29. The molecule has 4 nitrogen and oxygen atoms in total. The summed E-state index contributed by atoms with van der Waals surface area (Å²) >= 11 is 0. The molecule has 0 aliphatic carbocycles. The van der Waals surface area contributed by atoms with Gasteiger partial charge in [0.1, 0.15) is 0 Å². The Morgan fingerprint density at radius 2 is 1.93 bits per heavy atom. The lowest BCUT2D eigenvalue weighted by Crippen LogP contribution is -2.49. The summed E-state index contributed by atoms with van der Waals surface area (Å²) in [5.41, 5.74) is 5.82. The van der Waals surface area contributed by atoms with E-state index in [-0.39, 0.29) is 5.91 Å². The average Bonchev–Trinajstić information content (AvgIpc) is 2.17. The van der Waals surface area contributed by atoms with Crippen molar-refractivity contribution in [3.63, 3.8) is 0 Å². The number of carbonyl (C=O) groups is 1. The Morgan fingerprint density at radius 3 is 2.40 bits per heavy atom. The highest BCUT2D eigenvalue weighted by atomic mass is 32.2. The lowest BCUT2D eigenvalue weighted by atomic mass is 10.0. The Morgan fingerprint density at radius 1 is 1.40 bits per heavy atom. The van der Waals surface area contributed by atoms with Gasteiger partial charge in [-0.1, -0.05) is 13.8 Å². The summed E-state index contributed by atoms with van der Waals surface area (Å²) in [6, 6.07) is -0.392. The molecular weight excluding hydrogens is 212 g/mol. The molecule has 0 saturated carbocycles. The number of nitrogens with two attached hydrogens (primary N) is 1. The van der Waals surface area contributed by atoms with Gasteiger partial charge in [-0.25, -0.2) is 0 Å². The van der Waals surface area contributed by atoms with Crippen LogP contribution in [-0.2, 0) is 15.6 Å². The average molecular weight is 232 g/mol. The molecule has 1 rings (SSSR count). The third-order valence-corrected chi connectivity index (χ3v) is 3.81. The maximum Gasteiger partial charge on any atom is 0.239 e. The molecule has 0 spiro atoms. The second-order valence-electron chi connectivity index (χ2n) is 4.41. The number of carbonyl (C=O) groups excluding carboxylic acids is 1. The van der Waals surface area contributed by atoms with Gasteiger partial charge in [-0.2, -0.15) is 0 Å². The summed E-state index contributed by atoms with van der Waals surface area (Å²) in [4.78, 5) is 13.6. The molecule has 1 fully saturated rings. The van der Waals surface area contributed by atoms with Crippen LogP contribution in [0.2, 0.25) is 0 Å². The Labute approximate surface area is 93.7 Å². The van der Waals surface area contributed by atoms with Crippen LogP contribution in [-0.4, -0.2) is 45.7 Å². The molecular formula is C10H20N2O2S. The third kappa shape index (κ3) is 3.91. The minimum absolute atomic E-state index is 0.0143. The fourth-order valence-electron chi connectivity index (χ4n) is 1.70. The molecule has 2 N–H and O–H groups in total. The maximum atomic E-state index is 11.8. The highest BCUT2D eigenvalue weighted by Gasteiger charge is 2.24. The highest BCUT2D eigenvalue weighted by Crippen LogP contribution is 2.08. The van der Waals surface area contributed by atoms with Crippen LogP contribution in [0, 0.1) is 5.92 Å². The number of nitrogens with zero attached hydrogens (tertiary/aromatic N) is 1. The molecule has 1 amide bonds. The molecule has 0 bridgehead atoms. The van der Waals surface area contributed by atoms with Gasteiger partial charge in [0.2, 0.25) is 5.91 Å². The van der Waals surface area contributed by atoms with Gasteiger partial charge in [0, 0.05) is 35.4 Å². The van der Waals surface area contributed by atoms with Crippen molar-refractivity contribution < 1.29 is 9.00 Å². The summed E-state index contributed by atoms with van der Waals surface area (Å²) in [5.74, 6) is 1.64. The maximum absolute atomic E-state index is 11.8. The zero-order chi connectivity index (χ0) is 11.4. The largest absolute Gasteiger partial charge is 0.340 e. The van der Waals surface area contributed by atoms with Gasteiger partial charge in [-0.3, -0.25) is 9.00 Å². The second-order valence-corrected chi connectivity index (χ2v) is 6.11. The minimum atomic E-state index is -0.736. The van der Waals surface area contributed by atoms with Crippen molar-refractivity contribution in [1.82, 2.24) is 4.90 Å². The Bertz CT molecular complexity index is 246. The molecule has 5 heteroatoms. The zero-order valence-corrected chi connectivity index (χ0v) is 10.3. The predicted molar refractivity (Wildman–Crippen MR) is 61.9 cm³/mol. The van der Waals surface area contributed by atoms with Gasteiger partial charge in [0.05, 0.1) is 6.04 Å². The molecule has 15 heavy (non-hydrogen) atoms. The monoisotopic (exact) mass is 232 g/mol. The van der Waals surface area contributed by atoms with E-state index in [0.717, 1.165) is 6.42 Å². The van der Waals surface area contributed by atoms with Crippen molar-refractivity contribution in [2.45, 2.75) is 26.3 Å². The van der Waals surface area contributed by atoms with Crippen molar-refractivity contribution >= 4 is 16.7 Å². The third-order valence-electron chi connectivity index (χ3n) is 2.53. The number of hydrogen-bond acceptors (Lipinski definition) is 3. The van der Waals surface area contributed by atoms with Crippen LogP contribution >= 0.6 is 0 Å². The van der Waals surface area contributed by atoms with E-state index in [9.17, 15) is 9.00 Å². The van der Waals surface area contributed by atoms with Crippen LogP contribution in [0.25, 0.3) is 0 Å². The predicted octanol–water partition coefficient (Wildman–Crippen LogP) is -0.0493. The quantitative estimate of drug-likeness (QED) is 0.742. The van der Waals surface area contributed by atoms with Crippen LogP contribution in [0.5, 0.6) is 0 Å². The first-order valence-electron chi connectivity index (χ1n) is 5.40. The molecule has 0 aromatic rings. The highest BCUT2D eigenvalue weighted by molar-refractivity contribution is 7.85. The van der Waals surface area contributed by atoms with Crippen LogP contribution in [0.1, 0.15) is 20.3 Å². The molecule has 1 aliphatic heterocycles. The van der Waals surface area contributed by atoms with Crippen molar-refractivity contribution in [2.75, 3.05) is 24.6 Å². The molecule has 1 aliphatic rings. The van der Waals surface area contributed by atoms with Crippen molar-refractivity contribution in [2.24, 2.45) is 11.7 Å². The van der Waals surface area contributed by atoms with Gasteiger partial charge < -0.3 is 10.6 Å². The number of rotatable bonds is 3. The Balaban J connectivity index is 2.42. The fraction of sp³-hybridized carbons (Fsp3) is 0.900. The summed E-state index contributed by atoms with van der Waals surface area (Å²) < 4.78 is 11.1. The van der Waals surface area contributed by atoms with E-state index in [4.69, 9.17) is 5.73 Å². The van der Waals surface area contributed by atoms with Gasteiger partial charge >= 0.3 is 0 Å². The SMILES string of the molecule is CC(C)C[C@@H](N)C(=O)N1CCS(=O)CC1. The van der Waals surface area contributed by atoms with E-state index in [1.165, 1.54) is 0 Å². The number of hydrogen-bond donors (Lipinski definition) is 1. The Kier molecular flexibility index (Phi) is 4.73. The molecule has 1 heterocycles. The minimum Gasteiger partial charge on any atom is -0.340 e. The lowest BCUT2D eigenvalue weighted by molar-refractivity contribution is -0.132. The van der Waals surface area contributed by atoms with E-state index < -0.39 is 16.8 Å². The van der Waals surface area contributed by atoms with Gasteiger partial charge in [0.15, 0.2) is 0 Å². The van der Waals surface area contributed by atoms with E-state index >= 15 is 0 Å². The van der Waals surface area contributed by atoms with Crippen molar-refractivity contribution in [3.05, 3.63) is 0 Å². The summed E-state index contributed by atoms with van der Waals surface area (Å²) in [7, 11) is -0.736. The summed E-state index contributed by atoms with van der Waals surface area (Å²) in [6.45, 7) is 5.30.